The molecular formula is C21H30ClN5O. The number of carbonyl (C=O) groups excluding carboxylic acids is 1. The molecule has 3 rings (SSSR count). The predicted molar refractivity (Wildman–Crippen MR) is 116 cm³/mol. The predicted octanol–water partition coefficient (Wildman–Crippen LogP) is 3.49. The molecule has 0 spiro atoms. The van der Waals surface area contributed by atoms with Gasteiger partial charge in [-0.1, -0.05) is 26.0 Å². The van der Waals surface area contributed by atoms with E-state index in [0.29, 0.717) is 19.4 Å². The Morgan fingerprint density at radius 1 is 1.21 bits per heavy atom. The number of nitrogens with two attached hydrogens (primary N) is 1. The number of carbonyl (C=O) groups is 1. The number of amides is 1. The molecule has 3 aromatic rings. The van der Waals surface area contributed by atoms with Crippen LogP contribution in [0.1, 0.15) is 50.1 Å². The lowest BCUT2D eigenvalue weighted by molar-refractivity contribution is -0.121. The van der Waals surface area contributed by atoms with Crippen molar-refractivity contribution >= 4 is 34.9 Å². The van der Waals surface area contributed by atoms with E-state index in [-0.39, 0.29) is 23.9 Å². The van der Waals surface area contributed by atoms with Crippen molar-refractivity contribution in [3.63, 3.8) is 0 Å². The second kappa shape index (κ2) is 8.88. The maximum Gasteiger partial charge on any atom is 0.220 e. The second-order valence-electron chi connectivity index (χ2n) is 7.36. The Hall–Kier alpha value is -2.18. The molecule has 152 valence electrons. The van der Waals surface area contributed by atoms with Gasteiger partial charge in [0.15, 0.2) is 5.65 Å². The SMILES string of the molecule is CCC(N)(CC)CNC(=O)CCc1c(C)nc2c3ccccc3nn2c1C.Cl. The van der Waals surface area contributed by atoms with Crippen molar-refractivity contribution in [3.05, 3.63) is 41.2 Å². The average Bonchev–Trinajstić information content (AvgIpc) is 3.05. The van der Waals surface area contributed by atoms with E-state index in [4.69, 9.17) is 10.7 Å². The van der Waals surface area contributed by atoms with Gasteiger partial charge in [0.25, 0.3) is 0 Å². The van der Waals surface area contributed by atoms with Crippen molar-refractivity contribution in [3.8, 4) is 0 Å². The highest BCUT2D eigenvalue weighted by atomic mass is 35.5. The molecule has 1 aromatic carbocycles. The van der Waals surface area contributed by atoms with Crippen LogP contribution in [0.4, 0.5) is 0 Å². The molecule has 28 heavy (non-hydrogen) atoms. The molecule has 3 N–H and O–H groups in total. The van der Waals surface area contributed by atoms with Gasteiger partial charge in [-0.15, -0.1) is 12.4 Å². The van der Waals surface area contributed by atoms with E-state index in [1.54, 1.807) is 0 Å². The van der Waals surface area contributed by atoms with Crippen LogP contribution in [-0.2, 0) is 11.2 Å². The maximum absolute atomic E-state index is 12.3. The van der Waals surface area contributed by atoms with Crippen molar-refractivity contribution in [2.75, 3.05) is 6.54 Å². The van der Waals surface area contributed by atoms with Gasteiger partial charge in [0.05, 0.1) is 5.52 Å². The van der Waals surface area contributed by atoms with Gasteiger partial charge in [0.2, 0.25) is 5.91 Å². The average molecular weight is 404 g/mol. The molecule has 7 heteroatoms. The van der Waals surface area contributed by atoms with Crippen LogP contribution in [0.15, 0.2) is 24.3 Å². The fraction of sp³-hybridized carbons (Fsp3) is 0.476. The molecule has 0 atom stereocenters. The number of nitrogens with zero attached hydrogens (tertiary/aromatic N) is 3. The zero-order valence-corrected chi connectivity index (χ0v) is 17.9. The molecule has 0 saturated heterocycles. The molecule has 0 aliphatic heterocycles. The number of hydrogen-bond donors (Lipinski definition) is 2. The van der Waals surface area contributed by atoms with Crippen LogP contribution in [0.25, 0.3) is 16.6 Å². The summed E-state index contributed by atoms with van der Waals surface area (Å²) in [6.45, 7) is 8.66. The molecule has 0 radical (unpaired) electrons. The van der Waals surface area contributed by atoms with Crippen LogP contribution in [0, 0.1) is 13.8 Å². The first-order valence-corrected chi connectivity index (χ1v) is 9.67. The first kappa shape index (κ1) is 22.1. The van der Waals surface area contributed by atoms with E-state index in [1.165, 1.54) is 0 Å². The number of rotatable bonds is 7. The zero-order chi connectivity index (χ0) is 19.6. The summed E-state index contributed by atoms with van der Waals surface area (Å²) in [5.41, 5.74) is 10.8. The van der Waals surface area contributed by atoms with Crippen molar-refractivity contribution in [1.29, 1.82) is 0 Å². The second-order valence-corrected chi connectivity index (χ2v) is 7.36. The van der Waals surface area contributed by atoms with E-state index in [9.17, 15) is 4.79 Å². The van der Waals surface area contributed by atoms with E-state index < -0.39 is 0 Å². The third-order valence-electron chi connectivity index (χ3n) is 5.67. The summed E-state index contributed by atoms with van der Waals surface area (Å²) in [6, 6.07) is 8.01. The zero-order valence-electron chi connectivity index (χ0n) is 17.1. The van der Waals surface area contributed by atoms with Crippen LogP contribution in [0.5, 0.6) is 0 Å². The highest BCUT2D eigenvalue weighted by Crippen LogP contribution is 2.22. The number of halogens is 1. The lowest BCUT2D eigenvalue weighted by Crippen LogP contribution is -2.49. The summed E-state index contributed by atoms with van der Waals surface area (Å²) in [6.07, 6.45) is 2.74. The minimum absolute atomic E-state index is 0. The topological polar surface area (TPSA) is 85.3 Å². The lowest BCUT2D eigenvalue weighted by atomic mass is 9.94. The fourth-order valence-corrected chi connectivity index (χ4v) is 3.44. The van der Waals surface area contributed by atoms with E-state index >= 15 is 0 Å². The largest absolute Gasteiger partial charge is 0.354 e. The third-order valence-corrected chi connectivity index (χ3v) is 5.67. The van der Waals surface area contributed by atoms with Crippen LogP contribution in [0.3, 0.4) is 0 Å². The van der Waals surface area contributed by atoms with Crippen molar-refractivity contribution in [2.45, 2.75) is 58.9 Å². The van der Waals surface area contributed by atoms with Crippen LogP contribution >= 0.6 is 12.4 Å². The molecule has 1 amide bonds. The summed E-state index contributed by atoms with van der Waals surface area (Å²) in [5, 5.41) is 8.71. The van der Waals surface area contributed by atoms with Crippen molar-refractivity contribution in [1.82, 2.24) is 19.9 Å². The maximum atomic E-state index is 12.3. The minimum Gasteiger partial charge on any atom is -0.354 e. The first-order valence-electron chi connectivity index (χ1n) is 9.67. The number of hydrogen-bond acceptors (Lipinski definition) is 4. The van der Waals surface area contributed by atoms with Gasteiger partial charge in [0, 0.05) is 35.3 Å². The smallest absolute Gasteiger partial charge is 0.220 e. The van der Waals surface area contributed by atoms with Crippen LogP contribution < -0.4 is 11.1 Å². The lowest BCUT2D eigenvalue weighted by Gasteiger charge is -2.26. The Morgan fingerprint density at radius 2 is 1.89 bits per heavy atom. The molecule has 0 unspecified atom stereocenters. The molecule has 2 aromatic heterocycles. The molecule has 0 bridgehead atoms. The highest BCUT2D eigenvalue weighted by Gasteiger charge is 2.21. The van der Waals surface area contributed by atoms with Gasteiger partial charge in [-0.25, -0.2) is 9.50 Å². The minimum atomic E-state index is -0.322. The summed E-state index contributed by atoms with van der Waals surface area (Å²) in [4.78, 5) is 17.1. The van der Waals surface area contributed by atoms with Gasteiger partial charge < -0.3 is 11.1 Å². The van der Waals surface area contributed by atoms with Crippen LogP contribution in [-0.4, -0.2) is 32.6 Å². The monoisotopic (exact) mass is 403 g/mol. The van der Waals surface area contributed by atoms with Gasteiger partial charge in [-0.05, 0) is 50.8 Å². The molecule has 6 nitrogen and oxygen atoms in total. The molecular weight excluding hydrogens is 374 g/mol. The summed E-state index contributed by atoms with van der Waals surface area (Å²) in [5.74, 6) is 0.0243. The fourth-order valence-electron chi connectivity index (χ4n) is 3.44. The highest BCUT2D eigenvalue weighted by molar-refractivity contribution is 5.92. The number of benzene rings is 1. The van der Waals surface area contributed by atoms with Crippen molar-refractivity contribution in [2.24, 2.45) is 5.73 Å². The first-order chi connectivity index (χ1) is 12.9. The van der Waals surface area contributed by atoms with Crippen LogP contribution in [0.2, 0.25) is 0 Å². The Kier molecular flexibility index (Phi) is 7.01. The molecule has 0 aliphatic carbocycles. The summed E-state index contributed by atoms with van der Waals surface area (Å²) in [7, 11) is 0. The molecule has 0 saturated carbocycles. The number of fused-ring (bicyclic) bond motifs is 3. The Labute approximate surface area is 172 Å². The van der Waals surface area contributed by atoms with E-state index in [2.05, 4.69) is 24.3 Å². The summed E-state index contributed by atoms with van der Waals surface area (Å²) < 4.78 is 1.89. The van der Waals surface area contributed by atoms with Gasteiger partial charge in [-0.3, -0.25) is 4.79 Å². The third kappa shape index (κ3) is 4.28. The Morgan fingerprint density at radius 3 is 2.57 bits per heavy atom. The van der Waals surface area contributed by atoms with E-state index in [1.807, 2.05) is 42.6 Å². The summed E-state index contributed by atoms with van der Waals surface area (Å²) >= 11 is 0. The Bertz CT molecular complexity index is 978. The van der Waals surface area contributed by atoms with Crippen molar-refractivity contribution < 1.29 is 4.79 Å². The van der Waals surface area contributed by atoms with Gasteiger partial charge >= 0.3 is 0 Å². The molecule has 0 aliphatic rings. The van der Waals surface area contributed by atoms with Gasteiger partial charge in [0.1, 0.15) is 0 Å². The van der Waals surface area contributed by atoms with Gasteiger partial charge in [-0.2, -0.15) is 5.10 Å². The quantitative estimate of drug-likeness (QED) is 0.632. The normalized spacial score (nSPS) is 11.6. The standard InChI is InChI=1S/C21H29N5O.ClH/c1-5-21(22,6-2)13-23-19(27)12-11-16-14(3)24-20-17-9-7-8-10-18(17)25-26(20)15(16)4;/h7-10H,5-6,11-13,22H2,1-4H3,(H,23,27);1H. The number of aryl methyl sites for hydroxylation is 2. The number of nitrogens with one attached hydrogen (secondary N) is 1. The van der Waals surface area contributed by atoms with E-state index in [0.717, 1.165) is 46.3 Å². The number of aromatic nitrogens is 3. The molecule has 0 fully saturated rings. The molecule has 2 heterocycles. The Balaban J connectivity index is 0.00000280.